The lowest BCUT2D eigenvalue weighted by atomic mass is 10.1. The van der Waals surface area contributed by atoms with Crippen molar-refractivity contribution in [1.82, 2.24) is 14.7 Å². The Morgan fingerprint density at radius 2 is 2.11 bits per heavy atom. The van der Waals surface area contributed by atoms with Crippen molar-refractivity contribution in [2.24, 2.45) is 7.05 Å². The van der Waals surface area contributed by atoms with E-state index in [1.54, 1.807) is 0 Å². The maximum Gasteiger partial charge on any atom is 0.0537 e. The van der Waals surface area contributed by atoms with Crippen molar-refractivity contribution in [1.29, 1.82) is 0 Å². The summed E-state index contributed by atoms with van der Waals surface area (Å²) in [4.78, 5) is 2.56. The van der Waals surface area contributed by atoms with Gasteiger partial charge in [0.2, 0.25) is 0 Å². The third-order valence-electron chi connectivity index (χ3n) is 3.70. The van der Waals surface area contributed by atoms with E-state index in [0.717, 1.165) is 6.54 Å². The Kier molecular flexibility index (Phi) is 3.15. The molecule has 0 N–H and O–H groups in total. The van der Waals surface area contributed by atoms with Gasteiger partial charge in [-0.2, -0.15) is 5.10 Å². The molecule has 2 aromatic rings. The number of likely N-dealkylation sites (tertiary alicyclic amines) is 1. The Morgan fingerprint density at radius 1 is 1.28 bits per heavy atom. The minimum atomic E-state index is 0.541. The second-order valence-corrected chi connectivity index (χ2v) is 5.06. The van der Waals surface area contributed by atoms with Crippen LogP contribution >= 0.6 is 0 Å². The average Bonchev–Trinajstić information content (AvgIpc) is 2.99. The zero-order valence-corrected chi connectivity index (χ0v) is 10.8. The van der Waals surface area contributed by atoms with Crippen LogP contribution in [0.2, 0.25) is 0 Å². The molecule has 1 aromatic heterocycles. The topological polar surface area (TPSA) is 21.1 Å². The highest BCUT2D eigenvalue weighted by Gasteiger charge is 2.26. The van der Waals surface area contributed by atoms with E-state index in [1.807, 2.05) is 17.9 Å². The Bertz CT molecular complexity index is 503. The summed E-state index contributed by atoms with van der Waals surface area (Å²) in [5.74, 6) is 0. The SMILES string of the molecule is Cn1cc([C@H]2CCCN2Cc2ccccc2)cn1. The first kappa shape index (κ1) is 11.5. The van der Waals surface area contributed by atoms with Gasteiger partial charge in [0, 0.05) is 31.4 Å². The van der Waals surface area contributed by atoms with E-state index in [1.165, 1.54) is 30.5 Å². The van der Waals surface area contributed by atoms with Crippen LogP contribution in [0, 0.1) is 0 Å². The van der Waals surface area contributed by atoms with Crippen molar-refractivity contribution in [3.8, 4) is 0 Å². The van der Waals surface area contributed by atoms with Crippen LogP contribution < -0.4 is 0 Å². The molecule has 1 aliphatic rings. The number of hydrogen-bond acceptors (Lipinski definition) is 2. The molecule has 2 heterocycles. The molecule has 3 rings (SSSR count). The summed E-state index contributed by atoms with van der Waals surface area (Å²) in [5.41, 5.74) is 2.75. The number of nitrogens with zero attached hydrogens (tertiary/aromatic N) is 3. The summed E-state index contributed by atoms with van der Waals surface area (Å²) < 4.78 is 1.90. The first-order valence-corrected chi connectivity index (χ1v) is 6.59. The maximum atomic E-state index is 4.29. The van der Waals surface area contributed by atoms with Crippen molar-refractivity contribution >= 4 is 0 Å². The molecule has 0 aliphatic carbocycles. The van der Waals surface area contributed by atoms with E-state index < -0.39 is 0 Å². The minimum Gasteiger partial charge on any atom is -0.292 e. The molecule has 3 heteroatoms. The van der Waals surface area contributed by atoms with Crippen LogP contribution in [0.5, 0.6) is 0 Å². The molecule has 3 nitrogen and oxygen atoms in total. The van der Waals surface area contributed by atoms with Gasteiger partial charge in [-0.15, -0.1) is 0 Å². The van der Waals surface area contributed by atoms with Crippen molar-refractivity contribution in [3.63, 3.8) is 0 Å². The first-order valence-electron chi connectivity index (χ1n) is 6.59. The summed E-state index contributed by atoms with van der Waals surface area (Å²) in [6.07, 6.45) is 6.69. The fourth-order valence-electron chi connectivity index (χ4n) is 2.82. The van der Waals surface area contributed by atoms with Gasteiger partial charge in [-0.3, -0.25) is 9.58 Å². The highest BCUT2D eigenvalue weighted by molar-refractivity contribution is 5.17. The molecular weight excluding hydrogens is 222 g/mol. The van der Waals surface area contributed by atoms with Crippen LogP contribution in [-0.2, 0) is 13.6 Å². The van der Waals surface area contributed by atoms with Gasteiger partial charge in [-0.25, -0.2) is 0 Å². The molecule has 0 radical (unpaired) electrons. The number of hydrogen-bond donors (Lipinski definition) is 0. The van der Waals surface area contributed by atoms with E-state index in [9.17, 15) is 0 Å². The van der Waals surface area contributed by atoms with Crippen LogP contribution in [0.4, 0.5) is 0 Å². The summed E-state index contributed by atoms with van der Waals surface area (Å²) in [6, 6.07) is 11.3. The van der Waals surface area contributed by atoms with E-state index in [-0.39, 0.29) is 0 Å². The number of benzene rings is 1. The molecule has 1 aliphatic heterocycles. The molecule has 18 heavy (non-hydrogen) atoms. The van der Waals surface area contributed by atoms with Gasteiger partial charge < -0.3 is 0 Å². The molecular formula is C15H19N3. The standard InChI is InChI=1S/C15H19N3/c1-17-12-14(10-16-17)15-8-5-9-18(15)11-13-6-3-2-4-7-13/h2-4,6-7,10,12,15H,5,8-9,11H2,1H3/t15-/m1/s1. The van der Waals surface area contributed by atoms with E-state index in [2.05, 4.69) is 46.5 Å². The van der Waals surface area contributed by atoms with Crippen LogP contribution in [0.25, 0.3) is 0 Å². The molecule has 0 bridgehead atoms. The second-order valence-electron chi connectivity index (χ2n) is 5.06. The Labute approximate surface area is 108 Å². The third kappa shape index (κ3) is 2.31. The summed E-state index contributed by atoms with van der Waals surface area (Å²) in [7, 11) is 1.99. The van der Waals surface area contributed by atoms with Gasteiger partial charge in [0.15, 0.2) is 0 Å². The molecule has 1 aromatic carbocycles. The molecule has 0 unspecified atom stereocenters. The lowest BCUT2D eigenvalue weighted by molar-refractivity contribution is 0.248. The van der Waals surface area contributed by atoms with Crippen LogP contribution in [-0.4, -0.2) is 21.2 Å². The molecule has 0 saturated carbocycles. The van der Waals surface area contributed by atoms with E-state index in [4.69, 9.17) is 0 Å². The molecule has 0 spiro atoms. The summed E-state index contributed by atoms with van der Waals surface area (Å²) in [6.45, 7) is 2.23. The highest BCUT2D eigenvalue weighted by atomic mass is 15.3. The summed E-state index contributed by atoms with van der Waals surface area (Å²) >= 11 is 0. The predicted octanol–water partition coefficient (Wildman–Crippen LogP) is 2.76. The quantitative estimate of drug-likeness (QED) is 0.824. The minimum absolute atomic E-state index is 0.541. The fraction of sp³-hybridized carbons (Fsp3) is 0.400. The monoisotopic (exact) mass is 241 g/mol. The van der Waals surface area contributed by atoms with Crippen molar-refractivity contribution in [2.45, 2.75) is 25.4 Å². The molecule has 1 atom stereocenters. The van der Waals surface area contributed by atoms with Crippen molar-refractivity contribution in [2.75, 3.05) is 6.54 Å². The van der Waals surface area contributed by atoms with Crippen LogP contribution in [0.3, 0.4) is 0 Å². The Balaban J connectivity index is 1.75. The van der Waals surface area contributed by atoms with E-state index in [0.29, 0.717) is 6.04 Å². The van der Waals surface area contributed by atoms with Crippen LogP contribution in [0.15, 0.2) is 42.7 Å². The lowest BCUT2D eigenvalue weighted by Crippen LogP contribution is -2.22. The smallest absolute Gasteiger partial charge is 0.0537 e. The van der Waals surface area contributed by atoms with Crippen molar-refractivity contribution in [3.05, 3.63) is 53.9 Å². The van der Waals surface area contributed by atoms with Gasteiger partial charge >= 0.3 is 0 Å². The Hall–Kier alpha value is -1.61. The zero-order valence-electron chi connectivity index (χ0n) is 10.8. The zero-order chi connectivity index (χ0) is 12.4. The fourth-order valence-corrected chi connectivity index (χ4v) is 2.82. The number of aryl methyl sites for hydroxylation is 1. The maximum absolute atomic E-state index is 4.29. The normalized spacial score (nSPS) is 20.4. The molecule has 0 amide bonds. The first-order chi connectivity index (χ1) is 8.83. The van der Waals surface area contributed by atoms with Gasteiger partial charge in [-0.1, -0.05) is 30.3 Å². The highest BCUT2D eigenvalue weighted by Crippen LogP contribution is 2.32. The van der Waals surface area contributed by atoms with E-state index >= 15 is 0 Å². The van der Waals surface area contributed by atoms with Gasteiger partial charge in [0.05, 0.1) is 6.20 Å². The molecule has 1 saturated heterocycles. The predicted molar refractivity (Wildman–Crippen MR) is 72.0 cm³/mol. The largest absolute Gasteiger partial charge is 0.292 e. The lowest BCUT2D eigenvalue weighted by Gasteiger charge is -2.23. The van der Waals surface area contributed by atoms with Gasteiger partial charge in [0.25, 0.3) is 0 Å². The third-order valence-corrected chi connectivity index (χ3v) is 3.70. The Morgan fingerprint density at radius 3 is 2.83 bits per heavy atom. The number of aromatic nitrogens is 2. The van der Waals surface area contributed by atoms with Crippen LogP contribution in [0.1, 0.15) is 30.0 Å². The van der Waals surface area contributed by atoms with Gasteiger partial charge in [0.1, 0.15) is 0 Å². The number of rotatable bonds is 3. The second kappa shape index (κ2) is 4.94. The molecule has 94 valence electrons. The van der Waals surface area contributed by atoms with Gasteiger partial charge in [-0.05, 0) is 24.9 Å². The average molecular weight is 241 g/mol. The molecule has 1 fully saturated rings. The summed E-state index contributed by atoms with van der Waals surface area (Å²) in [5, 5.41) is 4.29. The van der Waals surface area contributed by atoms with Crippen molar-refractivity contribution < 1.29 is 0 Å².